The van der Waals surface area contributed by atoms with E-state index in [0.29, 0.717) is 12.4 Å². The maximum atomic E-state index is 12.5. The molecular weight excluding hydrogens is 366 g/mol. The summed E-state index contributed by atoms with van der Waals surface area (Å²) in [5, 5.41) is 3.52. The Kier molecular flexibility index (Phi) is 5.50. The lowest BCUT2D eigenvalue weighted by molar-refractivity contribution is -0.137. The van der Waals surface area contributed by atoms with Crippen LogP contribution in [0.25, 0.3) is 11.4 Å². The van der Waals surface area contributed by atoms with Gasteiger partial charge in [0.25, 0.3) is 0 Å². The minimum absolute atomic E-state index is 0.0575. The molecule has 4 rings (SSSR count). The molecule has 7 heteroatoms. The maximum Gasteiger partial charge on any atom is 0.248 e. The summed E-state index contributed by atoms with van der Waals surface area (Å²) < 4.78 is 5.08. The van der Waals surface area contributed by atoms with Crippen LogP contribution in [0.5, 0.6) is 0 Å². The number of nitrogens with zero attached hydrogens (tertiary/aromatic N) is 4. The standard InChI is InChI=1S/C22H29N5O2/c1-15(2)24-21-17-7-9-22(8-5-11-27(14-22)18(28)13-29-3)19(17)25-20(26-21)16-6-4-10-23-12-16/h4,6,10,12,15H,5,7-9,11,13-14H2,1-3H3,(H,24,25,26). The Balaban J connectivity index is 1.76. The third-order valence-corrected chi connectivity index (χ3v) is 5.91. The number of ether oxygens (including phenoxy) is 1. The summed E-state index contributed by atoms with van der Waals surface area (Å²) in [4.78, 5) is 28.6. The van der Waals surface area contributed by atoms with Gasteiger partial charge in [0.1, 0.15) is 12.4 Å². The minimum atomic E-state index is -0.107. The fraction of sp³-hybridized carbons (Fsp3) is 0.545. The zero-order valence-electron chi connectivity index (χ0n) is 17.4. The smallest absolute Gasteiger partial charge is 0.248 e. The highest BCUT2D eigenvalue weighted by atomic mass is 16.5. The fourth-order valence-electron chi connectivity index (χ4n) is 4.62. The van der Waals surface area contributed by atoms with E-state index >= 15 is 0 Å². The minimum Gasteiger partial charge on any atom is -0.375 e. The first-order chi connectivity index (χ1) is 14.0. The van der Waals surface area contributed by atoms with Crippen molar-refractivity contribution in [1.29, 1.82) is 0 Å². The van der Waals surface area contributed by atoms with E-state index in [1.807, 2.05) is 17.0 Å². The number of piperidine rings is 1. The Morgan fingerprint density at radius 2 is 2.21 bits per heavy atom. The van der Waals surface area contributed by atoms with Crippen molar-refractivity contribution < 1.29 is 9.53 Å². The summed E-state index contributed by atoms with van der Waals surface area (Å²) in [6.07, 6.45) is 7.51. The van der Waals surface area contributed by atoms with E-state index in [1.54, 1.807) is 19.5 Å². The number of pyridine rings is 1. The number of amides is 1. The van der Waals surface area contributed by atoms with E-state index < -0.39 is 0 Å². The SMILES string of the molecule is COCC(=O)N1CCCC2(CCc3c(NC(C)C)nc(-c4cccnc4)nc32)C1. The summed E-state index contributed by atoms with van der Waals surface area (Å²) in [7, 11) is 1.57. The Hall–Kier alpha value is -2.54. The van der Waals surface area contributed by atoms with Crippen LogP contribution in [0, 0.1) is 0 Å². The van der Waals surface area contributed by atoms with Crippen LogP contribution in [-0.2, 0) is 21.4 Å². The van der Waals surface area contributed by atoms with Crippen molar-refractivity contribution in [3.8, 4) is 11.4 Å². The van der Waals surface area contributed by atoms with Crippen LogP contribution >= 0.6 is 0 Å². The van der Waals surface area contributed by atoms with Gasteiger partial charge in [-0.1, -0.05) is 0 Å². The van der Waals surface area contributed by atoms with Gasteiger partial charge in [0.15, 0.2) is 5.82 Å². The number of nitrogens with one attached hydrogen (secondary N) is 1. The summed E-state index contributed by atoms with van der Waals surface area (Å²) in [5.74, 6) is 1.67. The first-order valence-corrected chi connectivity index (χ1v) is 10.4. The van der Waals surface area contributed by atoms with E-state index in [-0.39, 0.29) is 24.0 Å². The van der Waals surface area contributed by atoms with E-state index in [2.05, 4.69) is 24.1 Å². The first-order valence-electron chi connectivity index (χ1n) is 10.4. The Morgan fingerprint density at radius 1 is 1.34 bits per heavy atom. The maximum absolute atomic E-state index is 12.5. The number of carbonyl (C=O) groups is 1. The van der Waals surface area contributed by atoms with Crippen LogP contribution < -0.4 is 5.32 Å². The number of methoxy groups -OCH3 is 1. The van der Waals surface area contributed by atoms with Crippen molar-refractivity contribution in [3.05, 3.63) is 35.8 Å². The molecule has 1 spiro atoms. The van der Waals surface area contributed by atoms with Crippen molar-refractivity contribution in [2.45, 2.75) is 51.0 Å². The van der Waals surface area contributed by atoms with Crippen LogP contribution in [0.2, 0.25) is 0 Å². The zero-order chi connectivity index (χ0) is 20.4. The Bertz CT molecular complexity index is 886. The van der Waals surface area contributed by atoms with Gasteiger partial charge in [-0.3, -0.25) is 9.78 Å². The lowest BCUT2D eigenvalue weighted by atomic mass is 9.77. The van der Waals surface area contributed by atoms with E-state index in [1.165, 1.54) is 5.56 Å². The zero-order valence-corrected chi connectivity index (χ0v) is 17.4. The number of anilines is 1. The predicted octanol–water partition coefficient (Wildman–Crippen LogP) is 2.81. The molecule has 29 heavy (non-hydrogen) atoms. The van der Waals surface area contributed by atoms with E-state index in [9.17, 15) is 4.79 Å². The van der Waals surface area contributed by atoms with Crippen LogP contribution in [0.15, 0.2) is 24.5 Å². The van der Waals surface area contributed by atoms with Crippen LogP contribution in [0.1, 0.15) is 44.4 Å². The molecule has 1 unspecified atom stereocenters. The first kappa shape index (κ1) is 19.8. The molecule has 1 aliphatic carbocycles. The molecule has 2 aromatic heterocycles. The molecule has 2 aromatic rings. The van der Waals surface area contributed by atoms with Gasteiger partial charge in [-0.2, -0.15) is 0 Å². The summed E-state index contributed by atoms with van der Waals surface area (Å²) in [5.41, 5.74) is 3.11. The lowest BCUT2D eigenvalue weighted by Crippen LogP contribution is -2.49. The molecule has 0 bridgehead atoms. The highest BCUT2D eigenvalue weighted by Crippen LogP contribution is 2.46. The van der Waals surface area contributed by atoms with E-state index in [0.717, 1.165) is 49.3 Å². The summed E-state index contributed by atoms with van der Waals surface area (Å²) >= 11 is 0. The highest BCUT2D eigenvalue weighted by molar-refractivity contribution is 5.78. The second-order valence-corrected chi connectivity index (χ2v) is 8.40. The Labute approximate surface area is 171 Å². The molecule has 1 saturated heterocycles. The van der Waals surface area contributed by atoms with Gasteiger partial charge in [-0.25, -0.2) is 9.97 Å². The van der Waals surface area contributed by atoms with Crippen LogP contribution in [-0.4, -0.2) is 58.6 Å². The molecule has 7 nitrogen and oxygen atoms in total. The summed E-state index contributed by atoms with van der Waals surface area (Å²) in [6, 6.07) is 4.17. The average molecular weight is 396 g/mol. The van der Waals surface area contributed by atoms with Crippen LogP contribution in [0.3, 0.4) is 0 Å². The lowest BCUT2D eigenvalue weighted by Gasteiger charge is -2.40. The van der Waals surface area contributed by atoms with Gasteiger partial charge in [0.2, 0.25) is 5.91 Å². The number of fused-ring (bicyclic) bond motifs is 2. The van der Waals surface area contributed by atoms with Gasteiger partial charge < -0.3 is 15.0 Å². The molecule has 2 aliphatic rings. The number of likely N-dealkylation sites (tertiary alicyclic amines) is 1. The van der Waals surface area contributed by atoms with Crippen molar-refractivity contribution in [2.75, 3.05) is 32.1 Å². The van der Waals surface area contributed by atoms with Gasteiger partial charge in [0, 0.05) is 55.2 Å². The van der Waals surface area contributed by atoms with Crippen molar-refractivity contribution in [3.63, 3.8) is 0 Å². The number of carbonyl (C=O) groups excluding carboxylic acids is 1. The third-order valence-electron chi connectivity index (χ3n) is 5.91. The number of rotatable bonds is 5. The van der Waals surface area contributed by atoms with E-state index in [4.69, 9.17) is 14.7 Å². The largest absolute Gasteiger partial charge is 0.375 e. The molecule has 0 saturated carbocycles. The van der Waals surface area contributed by atoms with Crippen molar-refractivity contribution in [1.82, 2.24) is 19.9 Å². The molecule has 154 valence electrons. The molecule has 1 amide bonds. The fourth-order valence-corrected chi connectivity index (χ4v) is 4.62. The quantitative estimate of drug-likeness (QED) is 0.839. The third kappa shape index (κ3) is 3.83. The van der Waals surface area contributed by atoms with Crippen LogP contribution in [0.4, 0.5) is 5.82 Å². The second kappa shape index (κ2) is 8.06. The van der Waals surface area contributed by atoms with Gasteiger partial charge >= 0.3 is 0 Å². The van der Waals surface area contributed by atoms with Gasteiger partial charge in [0.05, 0.1) is 5.69 Å². The molecule has 0 aromatic carbocycles. The summed E-state index contributed by atoms with van der Waals surface area (Å²) in [6.45, 7) is 5.86. The van der Waals surface area contributed by atoms with Crippen molar-refractivity contribution >= 4 is 11.7 Å². The monoisotopic (exact) mass is 395 g/mol. The molecule has 0 radical (unpaired) electrons. The molecule has 1 atom stereocenters. The topological polar surface area (TPSA) is 80.2 Å². The Morgan fingerprint density at radius 3 is 2.93 bits per heavy atom. The predicted molar refractivity (Wildman–Crippen MR) is 112 cm³/mol. The molecular formula is C22H29N5O2. The number of aromatic nitrogens is 3. The normalized spacial score (nSPS) is 20.9. The number of hydrogen-bond donors (Lipinski definition) is 1. The molecule has 3 heterocycles. The van der Waals surface area contributed by atoms with Crippen molar-refractivity contribution in [2.24, 2.45) is 0 Å². The van der Waals surface area contributed by atoms with Gasteiger partial charge in [-0.15, -0.1) is 0 Å². The average Bonchev–Trinajstić information content (AvgIpc) is 3.06. The molecule has 1 aliphatic heterocycles. The highest BCUT2D eigenvalue weighted by Gasteiger charge is 2.45. The van der Waals surface area contributed by atoms with Gasteiger partial charge in [-0.05, 0) is 51.7 Å². The molecule has 1 fully saturated rings. The molecule has 1 N–H and O–H groups in total. The second-order valence-electron chi connectivity index (χ2n) is 8.40. The number of hydrogen-bond acceptors (Lipinski definition) is 6.